The summed E-state index contributed by atoms with van der Waals surface area (Å²) in [5.41, 5.74) is 0.343. The molecule has 0 aliphatic carbocycles. The Labute approximate surface area is 135 Å². The zero-order valence-electron chi connectivity index (χ0n) is 13.3. The summed E-state index contributed by atoms with van der Waals surface area (Å²) in [4.78, 5) is 11.4. The molecule has 0 atom stereocenters. The van der Waals surface area contributed by atoms with Gasteiger partial charge in [-0.1, -0.05) is 34.6 Å². The average Bonchev–Trinajstić information content (AvgIpc) is 2.23. The van der Waals surface area contributed by atoms with Crippen LogP contribution < -0.4 is 4.18 Å². The Bertz CT molecular complexity index is 672. The lowest BCUT2D eigenvalue weighted by atomic mass is 9.66. The SMILES string of the molecule is CC(C)(C)C(C)(C)Cc1cc(OS(=O)(=O)Cl)ccc1C(=O)O. The first-order valence-corrected chi connectivity index (χ1v) is 8.97. The standard InChI is InChI=1S/C15H21ClO5S/c1-14(2,3)15(4,5)9-10-8-11(21-22(16,19)20)6-7-12(10)13(17)18/h6-8H,9H2,1-5H3,(H,17,18). The van der Waals surface area contributed by atoms with E-state index < -0.39 is 15.3 Å². The van der Waals surface area contributed by atoms with Crippen LogP contribution in [0.5, 0.6) is 5.75 Å². The molecule has 0 bridgehead atoms. The van der Waals surface area contributed by atoms with Gasteiger partial charge in [-0.15, -0.1) is 0 Å². The van der Waals surface area contributed by atoms with E-state index in [1.54, 1.807) is 0 Å². The number of hydrogen-bond donors (Lipinski definition) is 1. The van der Waals surface area contributed by atoms with Gasteiger partial charge in [0, 0.05) is 0 Å². The monoisotopic (exact) mass is 348 g/mol. The maximum absolute atomic E-state index is 11.4. The smallest absolute Gasteiger partial charge is 0.401 e. The Morgan fingerprint density at radius 2 is 1.77 bits per heavy atom. The normalized spacial score (nSPS) is 13.0. The van der Waals surface area contributed by atoms with E-state index in [1.807, 2.05) is 13.8 Å². The van der Waals surface area contributed by atoms with Gasteiger partial charge in [0.25, 0.3) is 0 Å². The second kappa shape index (κ2) is 6.08. The highest BCUT2D eigenvalue weighted by molar-refractivity contribution is 8.10. The van der Waals surface area contributed by atoms with Gasteiger partial charge in [-0.3, -0.25) is 0 Å². The summed E-state index contributed by atoms with van der Waals surface area (Å²) in [5.74, 6) is -1.07. The molecule has 0 saturated carbocycles. The molecule has 1 N–H and O–H groups in total. The Morgan fingerprint density at radius 3 is 2.18 bits per heavy atom. The van der Waals surface area contributed by atoms with E-state index in [4.69, 9.17) is 10.7 Å². The molecule has 0 aromatic heterocycles. The largest absolute Gasteiger partial charge is 0.478 e. The summed E-state index contributed by atoms with van der Waals surface area (Å²) in [6.45, 7) is 10.3. The van der Waals surface area contributed by atoms with Crippen molar-refractivity contribution < 1.29 is 22.5 Å². The minimum atomic E-state index is -4.17. The van der Waals surface area contributed by atoms with Gasteiger partial charge < -0.3 is 9.29 Å². The molecular formula is C15H21ClO5S. The van der Waals surface area contributed by atoms with Crippen LogP contribution in [0, 0.1) is 10.8 Å². The van der Waals surface area contributed by atoms with E-state index in [9.17, 15) is 18.3 Å². The summed E-state index contributed by atoms with van der Waals surface area (Å²) in [7, 11) is 0.887. The predicted octanol–water partition coefficient (Wildman–Crippen LogP) is 3.86. The molecule has 7 heteroatoms. The van der Waals surface area contributed by atoms with Crippen molar-refractivity contribution in [1.29, 1.82) is 0 Å². The minimum absolute atomic E-state index is 0.000269. The summed E-state index contributed by atoms with van der Waals surface area (Å²) >= 11 is 0. The number of aromatic carboxylic acids is 1. The molecular weight excluding hydrogens is 328 g/mol. The molecule has 0 spiro atoms. The van der Waals surface area contributed by atoms with E-state index in [0.717, 1.165) is 0 Å². The fraction of sp³-hybridized carbons (Fsp3) is 0.533. The van der Waals surface area contributed by atoms with Gasteiger partial charge >= 0.3 is 15.3 Å². The molecule has 5 nitrogen and oxygen atoms in total. The highest BCUT2D eigenvalue weighted by Crippen LogP contribution is 2.41. The third-order valence-electron chi connectivity index (χ3n) is 4.17. The predicted molar refractivity (Wildman–Crippen MR) is 85.7 cm³/mol. The number of carboxylic acids is 1. The molecule has 0 fully saturated rings. The highest BCUT2D eigenvalue weighted by atomic mass is 35.7. The zero-order chi connectivity index (χ0) is 17.3. The molecule has 124 valence electrons. The third kappa shape index (κ3) is 4.88. The molecule has 0 saturated heterocycles. The van der Waals surface area contributed by atoms with Crippen LogP contribution in [0.25, 0.3) is 0 Å². The van der Waals surface area contributed by atoms with Gasteiger partial charge in [-0.2, -0.15) is 8.42 Å². The van der Waals surface area contributed by atoms with E-state index in [0.29, 0.717) is 12.0 Å². The molecule has 0 amide bonds. The molecule has 1 aromatic rings. The number of carboxylic acid groups (broad SMARTS) is 1. The van der Waals surface area contributed by atoms with Crippen molar-refractivity contribution in [2.75, 3.05) is 0 Å². The average molecular weight is 349 g/mol. The number of carbonyl (C=O) groups is 1. The molecule has 0 radical (unpaired) electrons. The van der Waals surface area contributed by atoms with Gasteiger partial charge in [0.1, 0.15) is 5.75 Å². The molecule has 22 heavy (non-hydrogen) atoms. The lowest BCUT2D eigenvalue weighted by Crippen LogP contribution is -2.32. The molecule has 0 unspecified atom stereocenters. The quantitative estimate of drug-likeness (QED) is 0.817. The van der Waals surface area contributed by atoms with Crippen molar-refractivity contribution in [1.82, 2.24) is 0 Å². The van der Waals surface area contributed by atoms with Crippen LogP contribution in [0.3, 0.4) is 0 Å². The first-order valence-electron chi connectivity index (χ1n) is 6.73. The number of halogens is 1. The van der Waals surface area contributed by atoms with Crippen LogP contribution in [0.2, 0.25) is 0 Å². The van der Waals surface area contributed by atoms with Crippen LogP contribution in [-0.2, 0) is 15.8 Å². The second-order valence-electron chi connectivity index (χ2n) is 6.91. The van der Waals surface area contributed by atoms with Gasteiger partial charge in [0.05, 0.1) is 16.2 Å². The molecule has 0 heterocycles. The Hall–Kier alpha value is -1.27. The van der Waals surface area contributed by atoms with Crippen LogP contribution >= 0.6 is 10.7 Å². The number of rotatable bonds is 5. The van der Waals surface area contributed by atoms with Crippen molar-refractivity contribution in [3.8, 4) is 5.75 Å². The van der Waals surface area contributed by atoms with Gasteiger partial charge in [-0.05, 0) is 41.0 Å². The first kappa shape index (κ1) is 18.8. The van der Waals surface area contributed by atoms with Crippen molar-refractivity contribution in [3.63, 3.8) is 0 Å². The highest BCUT2D eigenvalue weighted by Gasteiger charge is 2.34. The molecule has 1 aromatic carbocycles. The zero-order valence-corrected chi connectivity index (χ0v) is 14.9. The maximum atomic E-state index is 11.4. The molecule has 0 aliphatic rings. The Balaban J connectivity index is 3.30. The number of hydrogen-bond acceptors (Lipinski definition) is 4. The van der Waals surface area contributed by atoms with Gasteiger partial charge in [0.15, 0.2) is 0 Å². The van der Waals surface area contributed by atoms with Gasteiger partial charge in [-0.25, -0.2) is 4.79 Å². The fourth-order valence-electron chi connectivity index (χ4n) is 1.83. The van der Waals surface area contributed by atoms with Crippen LogP contribution in [0.1, 0.15) is 50.5 Å². The lowest BCUT2D eigenvalue weighted by molar-refractivity contribution is 0.0692. The Morgan fingerprint density at radius 1 is 1.23 bits per heavy atom. The lowest BCUT2D eigenvalue weighted by Gasteiger charge is -2.39. The summed E-state index contributed by atoms with van der Waals surface area (Å²) < 4.78 is 26.6. The number of benzene rings is 1. The summed E-state index contributed by atoms with van der Waals surface area (Å²) in [5, 5.41) is 9.30. The van der Waals surface area contributed by atoms with E-state index in [1.165, 1.54) is 18.2 Å². The fourth-order valence-corrected chi connectivity index (χ4v) is 2.38. The van der Waals surface area contributed by atoms with Crippen molar-refractivity contribution >= 4 is 26.0 Å². The van der Waals surface area contributed by atoms with Crippen LogP contribution in [0.4, 0.5) is 0 Å². The molecule has 1 rings (SSSR count). The van der Waals surface area contributed by atoms with E-state index in [-0.39, 0.29) is 22.1 Å². The van der Waals surface area contributed by atoms with Crippen LogP contribution in [-0.4, -0.2) is 19.5 Å². The van der Waals surface area contributed by atoms with Crippen molar-refractivity contribution in [3.05, 3.63) is 29.3 Å². The van der Waals surface area contributed by atoms with Crippen molar-refractivity contribution in [2.24, 2.45) is 10.8 Å². The summed E-state index contributed by atoms with van der Waals surface area (Å²) in [6, 6.07) is 4.02. The minimum Gasteiger partial charge on any atom is -0.478 e. The summed E-state index contributed by atoms with van der Waals surface area (Å²) in [6.07, 6.45) is 0.456. The first-order chi connectivity index (χ1) is 9.73. The Kier molecular flexibility index (Phi) is 5.19. The van der Waals surface area contributed by atoms with E-state index in [2.05, 4.69) is 25.0 Å². The molecule has 0 aliphatic heterocycles. The maximum Gasteiger partial charge on any atom is 0.401 e. The second-order valence-corrected chi connectivity index (χ2v) is 9.00. The van der Waals surface area contributed by atoms with E-state index >= 15 is 0 Å². The van der Waals surface area contributed by atoms with Crippen molar-refractivity contribution in [2.45, 2.75) is 41.0 Å². The van der Waals surface area contributed by atoms with Gasteiger partial charge in [0.2, 0.25) is 0 Å². The third-order valence-corrected chi connectivity index (χ3v) is 4.75. The van der Waals surface area contributed by atoms with Crippen LogP contribution in [0.15, 0.2) is 18.2 Å². The topological polar surface area (TPSA) is 80.7 Å².